The second kappa shape index (κ2) is 3.53. The Bertz CT molecular complexity index is 297. The molecule has 66 valence electrons. The second-order valence-electron chi connectivity index (χ2n) is 2.29. The van der Waals surface area contributed by atoms with Crippen LogP contribution in [0.15, 0.2) is 6.20 Å². The topological polar surface area (TPSA) is 61.0 Å². The molecule has 1 rings (SSSR count). The first-order valence-corrected chi connectivity index (χ1v) is 3.92. The minimum absolute atomic E-state index is 0.127. The minimum Gasteiger partial charge on any atom is -0.358 e. The maximum atomic E-state index is 10.3. The Morgan fingerprint density at radius 3 is 2.92 bits per heavy atom. The third kappa shape index (κ3) is 1.73. The van der Waals surface area contributed by atoms with Gasteiger partial charge in [0.25, 0.3) is 0 Å². The summed E-state index contributed by atoms with van der Waals surface area (Å²) in [4.78, 5) is 13.5. The molecule has 0 aliphatic heterocycles. The summed E-state index contributed by atoms with van der Waals surface area (Å²) in [6.45, 7) is 2.26. The van der Waals surface area contributed by atoms with Gasteiger partial charge in [0.2, 0.25) is 5.82 Å². The van der Waals surface area contributed by atoms with E-state index in [4.69, 9.17) is 11.6 Å². The van der Waals surface area contributed by atoms with Crippen LogP contribution >= 0.6 is 11.6 Å². The van der Waals surface area contributed by atoms with Crippen molar-refractivity contribution < 1.29 is 4.92 Å². The van der Waals surface area contributed by atoms with E-state index >= 15 is 0 Å². The second-order valence-corrected chi connectivity index (χ2v) is 2.66. The summed E-state index contributed by atoms with van der Waals surface area (Å²) in [5, 5.41) is 10.3. The Morgan fingerprint density at radius 1 is 1.83 bits per heavy atom. The molecular weight excluding hydrogens is 182 g/mol. The number of alkyl halides is 1. The van der Waals surface area contributed by atoms with Crippen molar-refractivity contribution in [3.63, 3.8) is 0 Å². The van der Waals surface area contributed by atoms with Gasteiger partial charge in [-0.15, -0.1) is 11.6 Å². The van der Waals surface area contributed by atoms with Gasteiger partial charge in [0.05, 0.1) is 0 Å². The van der Waals surface area contributed by atoms with Crippen molar-refractivity contribution in [3.8, 4) is 0 Å². The lowest BCUT2D eigenvalue weighted by atomic mass is 10.6. The van der Waals surface area contributed by atoms with Gasteiger partial charge in [0.1, 0.15) is 6.20 Å². The first-order chi connectivity index (χ1) is 5.65. The van der Waals surface area contributed by atoms with Crippen molar-refractivity contribution in [2.24, 2.45) is 0 Å². The van der Waals surface area contributed by atoms with Crippen LogP contribution in [-0.4, -0.2) is 20.4 Å². The number of hydrogen-bond acceptors (Lipinski definition) is 3. The predicted molar refractivity (Wildman–Crippen MR) is 44.3 cm³/mol. The Morgan fingerprint density at radius 2 is 2.50 bits per heavy atom. The number of hydrogen-bond donors (Lipinski definition) is 0. The third-order valence-electron chi connectivity index (χ3n) is 1.48. The number of halogens is 1. The molecule has 0 fully saturated rings. The van der Waals surface area contributed by atoms with E-state index in [-0.39, 0.29) is 5.82 Å². The molecule has 0 saturated heterocycles. The predicted octanol–water partition coefficient (Wildman–Crippen LogP) is 1.34. The van der Waals surface area contributed by atoms with Gasteiger partial charge in [-0.05, 0) is 9.91 Å². The van der Waals surface area contributed by atoms with Crippen LogP contribution in [0.5, 0.6) is 0 Å². The quantitative estimate of drug-likeness (QED) is 0.410. The average Bonchev–Trinajstić information content (AvgIpc) is 2.34. The largest absolute Gasteiger partial charge is 0.381 e. The van der Waals surface area contributed by atoms with Gasteiger partial charge >= 0.3 is 5.82 Å². The summed E-state index contributed by atoms with van der Waals surface area (Å²) in [5.74, 6) is 0.911. The molecule has 1 aromatic heterocycles. The van der Waals surface area contributed by atoms with E-state index in [1.807, 2.05) is 0 Å². The van der Waals surface area contributed by atoms with Crippen LogP contribution in [0.1, 0.15) is 5.82 Å². The normalized spacial score (nSPS) is 10.2. The van der Waals surface area contributed by atoms with E-state index in [9.17, 15) is 10.1 Å². The fourth-order valence-electron chi connectivity index (χ4n) is 0.897. The fraction of sp³-hybridized carbons (Fsp3) is 0.500. The molecule has 1 heterocycles. The molecule has 0 amide bonds. The van der Waals surface area contributed by atoms with Crippen molar-refractivity contribution >= 4 is 17.4 Å². The molecule has 0 aliphatic carbocycles. The summed E-state index contributed by atoms with van der Waals surface area (Å²) in [6.07, 6.45) is 1.39. The maximum Gasteiger partial charge on any atom is 0.381 e. The first-order valence-electron chi connectivity index (χ1n) is 3.39. The third-order valence-corrected chi connectivity index (χ3v) is 1.64. The molecule has 0 N–H and O–H groups in total. The van der Waals surface area contributed by atoms with Crippen molar-refractivity contribution in [1.29, 1.82) is 0 Å². The Kier molecular flexibility index (Phi) is 2.65. The summed E-state index contributed by atoms with van der Waals surface area (Å²) in [6, 6.07) is 0. The van der Waals surface area contributed by atoms with E-state index in [0.29, 0.717) is 18.2 Å². The molecule has 0 unspecified atom stereocenters. The fourth-order valence-corrected chi connectivity index (χ4v) is 1.08. The standard InChI is InChI=1S/C6H8ClN3O2/c1-5-8-6(10(11)12)4-9(5)3-2-7/h4H,2-3H2,1H3. The van der Waals surface area contributed by atoms with Crippen molar-refractivity contribution in [2.75, 3.05) is 5.88 Å². The molecular formula is C6H8ClN3O2. The van der Waals surface area contributed by atoms with Gasteiger partial charge < -0.3 is 14.7 Å². The van der Waals surface area contributed by atoms with Gasteiger partial charge in [0, 0.05) is 19.3 Å². The van der Waals surface area contributed by atoms with Crippen LogP contribution in [0.4, 0.5) is 5.82 Å². The van der Waals surface area contributed by atoms with Crippen LogP contribution in [0.2, 0.25) is 0 Å². The van der Waals surface area contributed by atoms with Crippen LogP contribution < -0.4 is 0 Å². The molecule has 12 heavy (non-hydrogen) atoms. The van der Waals surface area contributed by atoms with Crippen molar-refractivity contribution in [3.05, 3.63) is 22.1 Å². The molecule has 0 bridgehead atoms. The molecule has 6 heteroatoms. The summed E-state index contributed by atoms with van der Waals surface area (Å²) < 4.78 is 1.66. The van der Waals surface area contributed by atoms with Gasteiger partial charge in [0.15, 0.2) is 0 Å². The number of rotatable bonds is 3. The Hall–Kier alpha value is -1.10. The smallest absolute Gasteiger partial charge is 0.358 e. The van der Waals surface area contributed by atoms with Gasteiger partial charge in [-0.1, -0.05) is 0 Å². The highest BCUT2D eigenvalue weighted by atomic mass is 35.5. The van der Waals surface area contributed by atoms with Gasteiger partial charge in [-0.3, -0.25) is 0 Å². The zero-order valence-electron chi connectivity index (χ0n) is 6.53. The van der Waals surface area contributed by atoms with Crippen LogP contribution in [0, 0.1) is 17.0 Å². The maximum absolute atomic E-state index is 10.3. The highest BCUT2D eigenvalue weighted by Crippen LogP contribution is 2.09. The first kappa shape index (κ1) is 8.99. The van der Waals surface area contributed by atoms with E-state index in [1.54, 1.807) is 11.5 Å². The van der Waals surface area contributed by atoms with Crippen LogP contribution in [-0.2, 0) is 6.54 Å². The van der Waals surface area contributed by atoms with Crippen molar-refractivity contribution in [1.82, 2.24) is 9.55 Å². The summed E-state index contributed by atoms with van der Waals surface area (Å²) in [5.41, 5.74) is 0. The molecule has 1 aromatic rings. The lowest BCUT2D eigenvalue weighted by Crippen LogP contribution is -1.99. The zero-order chi connectivity index (χ0) is 9.14. The molecule has 0 spiro atoms. The highest BCUT2D eigenvalue weighted by molar-refractivity contribution is 6.17. The van der Waals surface area contributed by atoms with E-state index in [2.05, 4.69) is 4.98 Å². The number of aryl methyl sites for hydroxylation is 2. The Balaban J connectivity index is 2.92. The molecule has 0 atom stereocenters. The zero-order valence-corrected chi connectivity index (χ0v) is 7.28. The Labute approximate surface area is 74.1 Å². The van der Waals surface area contributed by atoms with Gasteiger partial charge in [-0.2, -0.15) is 0 Å². The summed E-state index contributed by atoms with van der Waals surface area (Å²) in [7, 11) is 0. The number of aromatic nitrogens is 2. The lowest BCUT2D eigenvalue weighted by Gasteiger charge is -1.94. The number of nitrogens with zero attached hydrogens (tertiary/aromatic N) is 3. The monoisotopic (exact) mass is 189 g/mol. The lowest BCUT2D eigenvalue weighted by molar-refractivity contribution is -0.389. The number of nitro groups is 1. The van der Waals surface area contributed by atoms with Crippen LogP contribution in [0.3, 0.4) is 0 Å². The molecule has 5 nitrogen and oxygen atoms in total. The highest BCUT2D eigenvalue weighted by Gasteiger charge is 2.13. The van der Waals surface area contributed by atoms with E-state index < -0.39 is 4.92 Å². The SMILES string of the molecule is Cc1nc([N+](=O)[O-])cn1CCCl. The molecule has 0 radical (unpaired) electrons. The van der Waals surface area contributed by atoms with Crippen LogP contribution in [0.25, 0.3) is 0 Å². The molecule has 0 aromatic carbocycles. The molecule has 0 aliphatic rings. The number of imidazole rings is 1. The average molecular weight is 190 g/mol. The molecule has 0 saturated carbocycles. The van der Waals surface area contributed by atoms with E-state index in [1.165, 1.54) is 6.20 Å². The van der Waals surface area contributed by atoms with Gasteiger partial charge in [-0.25, -0.2) is 0 Å². The summed E-state index contributed by atoms with van der Waals surface area (Å²) >= 11 is 5.48. The van der Waals surface area contributed by atoms with Crippen molar-refractivity contribution in [2.45, 2.75) is 13.5 Å². The minimum atomic E-state index is -0.516. The van der Waals surface area contributed by atoms with E-state index in [0.717, 1.165) is 0 Å².